The molecule has 0 fully saturated rings. The molecule has 0 saturated heterocycles. The normalized spacial score (nSPS) is 12.8. The molecule has 98 valence electrons. The summed E-state index contributed by atoms with van der Waals surface area (Å²) in [6.45, 7) is 0.779. The van der Waals surface area contributed by atoms with E-state index in [1.165, 1.54) is 6.07 Å². The second kappa shape index (κ2) is 6.04. The largest absolute Gasteiger partial charge is 0.491 e. The Hall–Kier alpha value is -1.30. The minimum absolute atomic E-state index is 0. The van der Waals surface area contributed by atoms with Crippen molar-refractivity contribution in [2.45, 2.75) is 0 Å². The van der Waals surface area contributed by atoms with Gasteiger partial charge in [-0.1, -0.05) is 11.6 Å². The van der Waals surface area contributed by atoms with Crippen molar-refractivity contribution in [2.75, 3.05) is 25.6 Å². The highest BCUT2D eigenvalue weighted by Gasteiger charge is 2.30. The predicted molar refractivity (Wildman–Crippen MR) is 69.0 cm³/mol. The Labute approximate surface area is 115 Å². The third-order valence-electron chi connectivity index (χ3n) is 2.31. The number of amides is 1. The molecule has 0 spiro atoms. The first-order valence-electron chi connectivity index (χ1n) is 4.94. The number of fused-ring (bicyclic) bond motifs is 1. The average Bonchev–Trinajstić information content (AvgIpc) is 2.58. The third kappa shape index (κ3) is 2.75. The number of halogens is 2. The number of hydrogen-bond acceptors (Lipinski definition) is 4. The van der Waals surface area contributed by atoms with E-state index in [0.717, 1.165) is 0 Å². The maximum absolute atomic E-state index is 11.5. The number of ketones is 1. The number of carbonyl (C=O) groups is 2. The van der Waals surface area contributed by atoms with Crippen LogP contribution in [0.4, 0.5) is 5.69 Å². The topological polar surface area (TPSA) is 64.6 Å². The number of anilines is 1. The van der Waals surface area contributed by atoms with Gasteiger partial charge >= 0.3 is 0 Å². The third-order valence-corrected chi connectivity index (χ3v) is 2.61. The van der Waals surface area contributed by atoms with Crippen molar-refractivity contribution in [2.24, 2.45) is 0 Å². The molecule has 7 heteroatoms. The molecule has 1 N–H and O–H groups in total. The van der Waals surface area contributed by atoms with Crippen LogP contribution in [0.3, 0.4) is 0 Å². The van der Waals surface area contributed by atoms with Crippen molar-refractivity contribution in [3.05, 3.63) is 22.7 Å². The summed E-state index contributed by atoms with van der Waals surface area (Å²) in [5.41, 5.74) is 0.593. The minimum atomic E-state index is -0.670. The molecule has 0 atom stereocenters. The Morgan fingerprint density at radius 3 is 2.67 bits per heavy atom. The van der Waals surface area contributed by atoms with Crippen LogP contribution in [0.15, 0.2) is 12.1 Å². The predicted octanol–water partition coefficient (Wildman–Crippen LogP) is 1.92. The molecule has 18 heavy (non-hydrogen) atoms. The fourth-order valence-corrected chi connectivity index (χ4v) is 1.76. The van der Waals surface area contributed by atoms with Gasteiger partial charge in [0.05, 0.1) is 22.9 Å². The summed E-state index contributed by atoms with van der Waals surface area (Å²) in [4.78, 5) is 22.7. The smallest absolute Gasteiger partial charge is 0.296 e. The molecule has 0 aliphatic carbocycles. The molecular weight excluding hydrogens is 281 g/mol. The number of benzene rings is 1. The van der Waals surface area contributed by atoms with Gasteiger partial charge in [0.25, 0.3) is 11.7 Å². The Bertz CT molecular complexity index is 490. The summed E-state index contributed by atoms with van der Waals surface area (Å²) in [5, 5.41) is 2.70. The summed E-state index contributed by atoms with van der Waals surface area (Å²) >= 11 is 5.94. The molecule has 0 unspecified atom stereocenters. The fourth-order valence-electron chi connectivity index (χ4n) is 1.51. The highest BCUT2D eigenvalue weighted by Crippen LogP contribution is 2.35. The summed E-state index contributed by atoms with van der Waals surface area (Å²) in [6.07, 6.45) is 0. The molecule has 1 amide bonds. The highest BCUT2D eigenvalue weighted by atomic mass is 35.5. The van der Waals surface area contributed by atoms with Gasteiger partial charge in [-0.05, 0) is 6.07 Å². The Kier molecular flexibility index (Phi) is 4.95. The molecule has 1 heterocycles. The SMILES string of the molecule is COCCOc1cc(Cl)c2c(c1)C(=O)C(=O)N2.Cl. The van der Waals surface area contributed by atoms with Crippen LogP contribution < -0.4 is 10.1 Å². The van der Waals surface area contributed by atoms with E-state index >= 15 is 0 Å². The van der Waals surface area contributed by atoms with E-state index in [1.54, 1.807) is 13.2 Å². The lowest BCUT2D eigenvalue weighted by Crippen LogP contribution is -2.12. The van der Waals surface area contributed by atoms with Gasteiger partial charge in [0.1, 0.15) is 12.4 Å². The standard InChI is InChI=1S/C11H10ClNO4.ClH/c1-16-2-3-17-6-4-7-9(8(12)5-6)13-11(15)10(7)14;/h4-5H,2-3H2,1H3,(H,13,14,15);1H. The summed E-state index contributed by atoms with van der Waals surface area (Å²) in [6, 6.07) is 3.05. The van der Waals surface area contributed by atoms with Crippen LogP contribution in [-0.2, 0) is 9.53 Å². The summed E-state index contributed by atoms with van der Waals surface area (Å²) < 4.78 is 10.2. The monoisotopic (exact) mass is 291 g/mol. The van der Waals surface area contributed by atoms with Crippen LogP contribution in [0.5, 0.6) is 5.75 Å². The second-order valence-electron chi connectivity index (χ2n) is 3.45. The molecule has 1 aliphatic rings. The van der Waals surface area contributed by atoms with Crippen LogP contribution >= 0.6 is 24.0 Å². The number of methoxy groups -OCH3 is 1. The molecule has 0 radical (unpaired) electrons. The molecular formula is C11H11Cl2NO4. The van der Waals surface area contributed by atoms with Crippen molar-refractivity contribution < 1.29 is 19.1 Å². The average molecular weight is 292 g/mol. The molecule has 0 saturated carbocycles. The Morgan fingerprint density at radius 2 is 2.00 bits per heavy atom. The van der Waals surface area contributed by atoms with Gasteiger partial charge < -0.3 is 14.8 Å². The lowest BCUT2D eigenvalue weighted by molar-refractivity contribution is -0.112. The summed E-state index contributed by atoms with van der Waals surface area (Å²) in [7, 11) is 1.56. The highest BCUT2D eigenvalue weighted by molar-refractivity contribution is 6.53. The zero-order valence-corrected chi connectivity index (χ0v) is 11.1. The molecule has 0 aromatic heterocycles. The zero-order valence-electron chi connectivity index (χ0n) is 9.49. The van der Waals surface area contributed by atoms with Gasteiger partial charge in [-0.25, -0.2) is 0 Å². The molecule has 1 aromatic rings. The van der Waals surface area contributed by atoms with Crippen molar-refractivity contribution in [1.29, 1.82) is 0 Å². The van der Waals surface area contributed by atoms with Crippen LogP contribution in [-0.4, -0.2) is 32.0 Å². The minimum Gasteiger partial charge on any atom is -0.491 e. The van der Waals surface area contributed by atoms with Gasteiger partial charge in [-0.3, -0.25) is 9.59 Å². The van der Waals surface area contributed by atoms with Crippen molar-refractivity contribution in [3.8, 4) is 5.75 Å². The van der Waals surface area contributed by atoms with E-state index < -0.39 is 11.7 Å². The lowest BCUT2D eigenvalue weighted by atomic mass is 10.1. The van der Waals surface area contributed by atoms with E-state index in [1.807, 2.05) is 0 Å². The summed E-state index contributed by atoms with van der Waals surface area (Å²) in [5.74, 6) is -0.828. The molecule has 1 aromatic carbocycles. The molecule has 5 nitrogen and oxygen atoms in total. The van der Waals surface area contributed by atoms with Gasteiger partial charge in [-0.15, -0.1) is 12.4 Å². The quantitative estimate of drug-likeness (QED) is 0.680. The first-order valence-corrected chi connectivity index (χ1v) is 5.32. The van der Waals surface area contributed by atoms with Gasteiger partial charge in [-0.2, -0.15) is 0 Å². The van der Waals surface area contributed by atoms with Crippen LogP contribution in [0.2, 0.25) is 5.02 Å². The second-order valence-corrected chi connectivity index (χ2v) is 3.86. The maximum atomic E-state index is 11.5. The van der Waals surface area contributed by atoms with E-state index in [-0.39, 0.29) is 23.0 Å². The first kappa shape index (κ1) is 14.8. The van der Waals surface area contributed by atoms with Crippen LogP contribution in [0.1, 0.15) is 10.4 Å². The number of Topliss-reactive ketones (excluding diaryl/α,β-unsaturated/α-hetero) is 1. The van der Waals surface area contributed by atoms with E-state index in [9.17, 15) is 9.59 Å². The lowest BCUT2D eigenvalue weighted by Gasteiger charge is -2.08. The van der Waals surface area contributed by atoms with Crippen molar-refractivity contribution >= 4 is 41.4 Å². The van der Waals surface area contributed by atoms with Crippen molar-refractivity contribution in [3.63, 3.8) is 0 Å². The van der Waals surface area contributed by atoms with E-state index in [0.29, 0.717) is 24.7 Å². The Balaban J connectivity index is 0.00000162. The number of hydrogen-bond donors (Lipinski definition) is 1. The van der Waals surface area contributed by atoms with E-state index in [2.05, 4.69) is 5.32 Å². The first-order chi connectivity index (χ1) is 8.13. The van der Waals surface area contributed by atoms with E-state index in [4.69, 9.17) is 21.1 Å². The number of rotatable bonds is 4. The number of carbonyl (C=O) groups excluding carboxylic acids is 2. The molecule has 1 aliphatic heterocycles. The zero-order chi connectivity index (χ0) is 12.4. The fraction of sp³-hybridized carbons (Fsp3) is 0.273. The van der Waals surface area contributed by atoms with Gasteiger partial charge in [0.15, 0.2) is 0 Å². The van der Waals surface area contributed by atoms with Crippen LogP contribution in [0, 0.1) is 0 Å². The number of nitrogens with one attached hydrogen (secondary N) is 1. The van der Waals surface area contributed by atoms with Gasteiger partial charge in [0.2, 0.25) is 0 Å². The maximum Gasteiger partial charge on any atom is 0.296 e. The number of ether oxygens (including phenoxy) is 2. The molecule has 0 bridgehead atoms. The van der Waals surface area contributed by atoms with Gasteiger partial charge in [0, 0.05) is 13.2 Å². The molecule has 2 rings (SSSR count). The Morgan fingerprint density at radius 1 is 1.28 bits per heavy atom. The van der Waals surface area contributed by atoms with Crippen molar-refractivity contribution in [1.82, 2.24) is 0 Å². The van der Waals surface area contributed by atoms with Crippen LogP contribution in [0.25, 0.3) is 0 Å².